The van der Waals surface area contributed by atoms with Crippen LogP contribution < -0.4 is 118 Å². The molecule has 3 aromatic rings. The second kappa shape index (κ2) is 11.2. The molecule has 0 unspecified atom stereocenters. The SMILES string of the molecule is Cc1ccc(Cn2nc(OC(C(=O)[O-])C(=O)[O-])c3ccccc32)cc1.[K+].[K+]. The van der Waals surface area contributed by atoms with Crippen LogP contribution in [0.4, 0.5) is 0 Å². The number of nitrogens with zero attached hydrogens (tertiary/aromatic N) is 2. The van der Waals surface area contributed by atoms with Crippen LogP contribution >= 0.6 is 0 Å². The number of carbonyl (C=O) groups is 2. The van der Waals surface area contributed by atoms with Crippen LogP contribution in [0.25, 0.3) is 10.9 Å². The second-order valence-electron chi connectivity index (χ2n) is 5.60. The average Bonchev–Trinajstić information content (AvgIpc) is 2.92. The number of aromatic nitrogens is 2. The molecule has 0 radical (unpaired) electrons. The van der Waals surface area contributed by atoms with Gasteiger partial charge in [0.1, 0.15) is 0 Å². The molecule has 0 N–H and O–H groups in total. The summed E-state index contributed by atoms with van der Waals surface area (Å²) in [5.41, 5.74) is 2.80. The number of benzene rings is 2. The van der Waals surface area contributed by atoms with Gasteiger partial charge in [0.05, 0.1) is 29.4 Å². The number of aliphatic carboxylic acids is 2. The van der Waals surface area contributed by atoms with Crippen molar-refractivity contribution < 1.29 is 127 Å². The minimum atomic E-state index is -2.23. The zero-order valence-electron chi connectivity index (χ0n) is 15.3. The molecule has 9 heteroatoms. The van der Waals surface area contributed by atoms with Gasteiger partial charge < -0.3 is 24.5 Å². The molecule has 0 bridgehead atoms. The maximum Gasteiger partial charge on any atom is 1.00 e. The van der Waals surface area contributed by atoms with Crippen LogP contribution in [-0.4, -0.2) is 27.8 Å². The summed E-state index contributed by atoms with van der Waals surface area (Å²) < 4.78 is 6.65. The third-order valence-electron chi connectivity index (χ3n) is 3.73. The summed E-state index contributed by atoms with van der Waals surface area (Å²) in [5.74, 6) is -3.88. The van der Waals surface area contributed by atoms with Crippen LogP contribution in [0.15, 0.2) is 48.5 Å². The Hall–Kier alpha value is -0.0773. The Morgan fingerprint density at radius 2 is 1.63 bits per heavy atom. The predicted octanol–water partition coefficient (Wildman–Crippen LogP) is -6.35. The molecule has 0 aliphatic carbocycles. The number of hydrogen-bond acceptors (Lipinski definition) is 6. The van der Waals surface area contributed by atoms with E-state index in [0.29, 0.717) is 17.4 Å². The van der Waals surface area contributed by atoms with E-state index in [2.05, 4.69) is 5.10 Å². The number of ether oxygens (including phenoxy) is 1. The smallest absolute Gasteiger partial charge is 0.546 e. The Morgan fingerprint density at radius 1 is 1.04 bits per heavy atom. The molecule has 128 valence electrons. The van der Waals surface area contributed by atoms with Gasteiger partial charge in [-0.15, -0.1) is 5.10 Å². The van der Waals surface area contributed by atoms with Crippen LogP contribution in [0, 0.1) is 6.92 Å². The van der Waals surface area contributed by atoms with E-state index >= 15 is 0 Å². The average molecular weight is 417 g/mol. The Balaban J connectivity index is 0.00000182. The number of fused-ring (bicyclic) bond motifs is 1. The van der Waals surface area contributed by atoms with Gasteiger partial charge in [0.2, 0.25) is 5.88 Å². The van der Waals surface area contributed by atoms with Crippen LogP contribution in [-0.2, 0) is 16.1 Å². The van der Waals surface area contributed by atoms with Crippen LogP contribution in [0.1, 0.15) is 11.1 Å². The van der Waals surface area contributed by atoms with Gasteiger partial charge in [-0.05, 0) is 24.6 Å². The molecule has 0 atom stereocenters. The first kappa shape index (κ1) is 25.0. The summed E-state index contributed by atoms with van der Waals surface area (Å²) in [6.07, 6.45) is -2.23. The van der Waals surface area contributed by atoms with Crippen molar-refractivity contribution >= 4 is 22.8 Å². The Labute approximate surface area is 240 Å². The molecule has 1 aromatic heterocycles. The molecule has 27 heavy (non-hydrogen) atoms. The quantitative estimate of drug-likeness (QED) is 0.292. The zero-order chi connectivity index (χ0) is 18.0. The molecule has 0 aliphatic rings. The van der Waals surface area contributed by atoms with Crippen molar-refractivity contribution in [3.63, 3.8) is 0 Å². The van der Waals surface area contributed by atoms with Crippen molar-refractivity contribution in [2.45, 2.75) is 19.6 Å². The molecule has 0 amide bonds. The summed E-state index contributed by atoms with van der Waals surface area (Å²) >= 11 is 0. The maximum atomic E-state index is 10.9. The molecule has 0 spiro atoms. The first-order valence-corrected chi connectivity index (χ1v) is 7.55. The number of carboxylic acids is 2. The van der Waals surface area contributed by atoms with E-state index in [1.54, 1.807) is 28.9 Å². The Morgan fingerprint density at radius 3 is 2.22 bits per heavy atom. The molecule has 7 nitrogen and oxygen atoms in total. The molecular formula is C18H14K2N2O5. The van der Waals surface area contributed by atoms with E-state index in [-0.39, 0.29) is 109 Å². The minimum absolute atomic E-state index is 0. The van der Waals surface area contributed by atoms with E-state index in [1.165, 1.54) is 0 Å². The normalized spacial score (nSPS) is 10.1. The third kappa shape index (κ3) is 6.20. The van der Waals surface area contributed by atoms with E-state index in [0.717, 1.165) is 11.1 Å². The largest absolute Gasteiger partial charge is 1.00 e. The van der Waals surface area contributed by atoms with Crippen molar-refractivity contribution in [1.29, 1.82) is 0 Å². The number of carbonyl (C=O) groups excluding carboxylic acids is 2. The van der Waals surface area contributed by atoms with Gasteiger partial charge in [-0.2, -0.15) is 0 Å². The van der Waals surface area contributed by atoms with Crippen molar-refractivity contribution in [1.82, 2.24) is 9.78 Å². The van der Waals surface area contributed by atoms with Crippen LogP contribution in [0.5, 0.6) is 5.88 Å². The summed E-state index contributed by atoms with van der Waals surface area (Å²) in [6.45, 7) is 2.41. The number of carboxylic acid groups (broad SMARTS) is 2. The van der Waals surface area contributed by atoms with Gasteiger partial charge in [0.25, 0.3) is 0 Å². The van der Waals surface area contributed by atoms with Gasteiger partial charge in [-0.3, -0.25) is 4.68 Å². The summed E-state index contributed by atoms with van der Waals surface area (Å²) in [7, 11) is 0. The summed E-state index contributed by atoms with van der Waals surface area (Å²) in [6, 6.07) is 14.8. The second-order valence-corrected chi connectivity index (χ2v) is 5.60. The molecule has 3 rings (SSSR count). The first-order chi connectivity index (χ1) is 12.0. The maximum absolute atomic E-state index is 10.9. The third-order valence-corrected chi connectivity index (χ3v) is 3.73. The molecule has 0 aliphatic heterocycles. The Kier molecular flexibility index (Phi) is 10.4. The number of rotatable bonds is 6. The number of aryl methyl sites for hydroxylation is 1. The topological polar surface area (TPSA) is 107 Å². The van der Waals surface area contributed by atoms with E-state index in [9.17, 15) is 19.8 Å². The minimum Gasteiger partial charge on any atom is -0.546 e. The number of hydrogen-bond donors (Lipinski definition) is 0. The summed E-state index contributed by atoms with van der Waals surface area (Å²) in [4.78, 5) is 21.8. The fourth-order valence-electron chi connectivity index (χ4n) is 2.48. The Bertz CT molecular complexity index is 927. The van der Waals surface area contributed by atoms with Gasteiger partial charge >= 0.3 is 103 Å². The summed E-state index contributed by atoms with van der Waals surface area (Å²) in [5, 5.41) is 26.6. The van der Waals surface area contributed by atoms with Gasteiger partial charge in [0, 0.05) is 0 Å². The van der Waals surface area contributed by atoms with Gasteiger partial charge in [-0.25, -0.2) is 0 Å². The van der Waals surface area contributed by atoms with Gasteiger partial charge in [-0.1, -0.05) is 42.0 Å². The molecule has 0 saturated carbocycles. The standard InChI is InChI=1S/C18H16N2O5.2K/c1-11-6-8-12(9-7-11)10-20-14-5-3-2-4-13(14)16(19-20)25-15(17(21)22)18(23)24;;/h2-9,15H,10H2,1H3,(H,21,22)(H,23,24);;/q;2*+1/p-2. The first-order valence-electron chi connectivity index (χ1n) is 7.55. The molecule has 1 heterocycles. The van der Waals surface area contributed by atoms with Crippen molar-refractivity contribution in [3.8, 4) is 5.88 Å². The molecule has 0 saturated heterocycles. The van der Waals surface area contributed by atoms with Crippen molar-refractivity contribution in [2.75, 3.05) is 0 Å². The fourth-order valence-corrected chi connectivity index (χ4v) is 2.48. The molecule has 0 fully saturated rings. The van der Waals surface area contributed by atoms with Crippen LogP contribution in [0.3, 0.4) is 0 Å². The number of para-hydroxylation sites is 1. The van der Waals surface area contributed by atoms with Gasteiger partial charge in [0.15, 0.2) is 6.10 Å². The monoisotopic (exact) mass is 416 g/mol. The predicted molar refractivity (Wildman–Crippen MR) is 84.4 cm³/mol. The van der Waals surface area contributed by atoms with E-state index in [1.807, 2.05) is 31.2 Å². The van der Waals surface area contributed by atoms with Crippen molar-refractivity contribution in [2.24, 2.45) is 0 Å². The fraction of sp³-hybridized carbons (Fsp3) is 0.167. The van der Waals surface area contributed by atoms with Crippen LogP contribution in [0.2, 0.25) is 0 Å². The van der Waals surface area contributed by atoms with E-state index in [4.69, 9.17) is 4.74 Å². The molecular weight excluding hydrogens is 402 g/mol. The molecule has 2 aromatic carbocycles. The zero-order valence-corrected chi connectivity index (χ0v) is 21.6. The van der Waals surface area contributed by atoms with E-state index < -0.39 is 18.0 Å². The van der Waals surface area contributed by atoms with Crippen molar-refractivity contribution in [3.05, 3.63) is 59.7 Å².